The number of halogens is 2. The second-order valence-corrected chi connectivity index (χ2v) is 78.0. The topological polar surface area (TPSA) is 0 Å². The van der Waals surface area contributed by atoms with Gasteiger partial charge in [0.2, 0.25) is 0 Å². The first-order valence-corrected chi connectivity index (χ1v) is 51.1. The fraction of sp³-hybridized carbons (Fsp3) is 0.548. The minimum atomic E-state index is -5.22. The van der Waals surface area contributed by atoms with E-state index in [-0.39, 0.29) is 7.25 Å². The molecule has 6 heteroatoms. The second-order valence-electron chi connectivity index (χ2n) is 25.3. The van der Waals surface area contributed by atoms with Gasteiger partial charge in [-0.05, 0) is 0 Å². The van der Waals surface area contributed by atoms with Crippen molar-refractivity contribution >= 4 is 61.6 Å². The molecule has 4 aliphatic rings. The van der Waals surface area contributed by atoms with Gasteiger partial charge in [0.1, 0.15) is 0 Å². The summed E-state index contributed by atoms with van der Waals surface area (Å²) in [4.78, 5) is 0. The molecule has 0 aliphatic heterocycles. The van der Waals surface area contributed by atoms with Crippen molar-refractivity contribution in [1.82, 2.24) is 0 Å². The van der Waals surface area contributed by atoms with Crippen LogP contribution in [0.25, 0.3) is 34.4 Å². The zero-order valence-corrected chi connectivity index (χ0v) is 51.5. The fourth-order valence-electron chi connectivity index (χ4n) is 14.4. The van der Waals surface area contributed by atoms with Gasteiger partial charge in [-0.2, -0.15) is 0 Å². The molecule has 0 bridgehead atoms. The summed E-state index contributed by atoms with van der Waals surface area (Å²) in [6.45, 7) is 24.9. The number of hydrogen-bond donors (Lipinski definition) is 0. The van der Waals surface area contributed by atoms with Crippen LogP contribution in [-0.4, -0.2) is 22.1 Å². The Kier molecular flexibility index (Phi) is 16.4. The van der Waals surface area contributed by atoms with E-state index in [2.05, 4.69) is 163 Å². The Morgan fingerprint density at radius 2 is 0.838 bits per heavy atom. The second kappa shape index (κ2) is 21.1. The van der Waals surface area contributed by atoms with Gasteiger partial charge in [0.15, 0.2) is 0 Å². The van der Waals surface area contributed by atoms with E-state index in [0.717, 1.165) is 12.8 Å². The predicted octanol–water partition coefficient (Wildman–Crippen LogP) is 19.5. The SMILES string of the molecule is CCCC1(CC2=Cc3c(-c4ccc([Si](C)(C)C)cc4)cccc3[CH]2[Zr]([Cl])([Cl])([CH]2C(CC3(CCC)CCCCCCC3)=Cc3c(-c4ccc([Si](C)(C)C)cc4)cccc32)[SiH](C)C)CCCCCCC1. The molecule has 0 N–H and O–H groups in total. The summed E-state index contributed by atoms with van der Waals surface area (Å²) in [6.07, 6.45) is 31.8. The number of hydrogen-bond acceptors (Lipinski definition) is 0. The third-order valence-electron chi connectivity index (χ3n) is 18.2. The van der Waals surface area contributed by atoms with Gasteiger partial charge in [-0.15, -0.1) is 0 Å². The summed E-state index contributed by atoms with van der Waals surface area (Å²) in [5.41, 5.74) is 15.0. The molecule has 2 unspecified atom stereocenters. The molecular formula is C62H89Cl2Si3Zr. The van der Waals surface area contributed by atoms with E-state index in [4.69, 9.17) is 0 Å². The molecule has 68 heavy (non-hydrogen) atoms. The molecule has 2 fully saturated rings. The molecule has 0 heterocycles. The number of allylic oxidation sites excluding steroid dienone is 2. The number of fused-ring (bicyclic) bond motifs is 2. The molecular weight excluding hydrogens is 991 g/mol. The Balaban J connectivity index is 1.37. The van der Waals surface area contributed by atoms with Crippen molar-refractivity contribution < 1.29 is 15.6 Å². The Morgan fingerprint density at radius 3 is 1.15 bits per heavy atom. The Bertz CT molecular complexity index is 2270. The summed E-state index contributed by atoms with van der Waals surface area (Å²) in [5.74, 6) is -1.80. The van der Waals surface area contributed by atoms with E-state index in [1.807, 2.05) is 0 Å². The summed E-state index contributed by atoms with van der Waals surface area (Å²) < 4.78 is 0.195. The monoisotopic (exact) mass is 1080 g/mol. The maximum absolute atomic E-state index is 9.49. The van der Waals surface area contributed by atoms with Crippen molar-refractivity contribution in [2.45, 2.75) is 202 Å². The molecule has 0 amide bonds. The van der Waals surface area contributed by atoms with Crippen molar-refractivity contribution in [2.24, 2.45) is 10.8 Å². The van der Waals surface area contributed by atoms with Gasteiger partial charge >= 0.3 is 430 Å². The van der Waals surface area contributed by atoms with Crippen LogP contribution >= 0.6 is 17.0 Å². The van der Waals surface area contributed by atoms with E-state index in [1.165, 1.54) is 170 Å². The van der Waals surface area contributed by atoms with Crippen LogP contribution in [0.4, 0.5) is 0 Å². The zero-order valence-electron chi connectivity index (χ0n) is 44.4. The van der Waals surface area contributed by atoms with Gasteiger partial charge in [0.25, 0.3) is 0 Å². The molecule has 4 aliphatic carbocycles. The number of rotatable bonds is 15. The molecule has 8 rings (SSSR count). The Hall–Kier alpha value is -1.53. The van der Waals surface area contributed by atoms with Gasteiger partial charge in [0.05, 0.1) is 0 Å². The van der Waals surface area contributed by atoms with Gasteiger partial charge < -0.3 is 0 Å². The van der Waals surface area contributed by atoms with Crippen molar-refractivity contribution in [3.63, 3.8) is 0 Å². The van der Waals surface area contributed by atoms with Crippen molar-refractivity contribution in [3.05, 3.63) is 118 Å². The van der Waals surface area contributed by atoms with Crippen LogP contribution in [0.3, 0.4) is 0 Å². The van der Waals surface area contributed by atoms with Crippen LogP contribution in [0.1, 0.15) is 172 Å². The summed E-state index contributed by atoms with van der Waals surface area (Å²) in [7, 11) is 16.1. The predicted molar refractivity (Wildman–Crippen MR) is 310 cm³/mol. The third-order valence-corrected chi connectivity index (χ3v) is 74.2. The van der Waals surface area contributed by atoms with E-state index >= 15 is 0 Å². The van der Waals surface area contributed by atoms with Gasteiger partial charge in [-0.1, -0.05) is 0 Å². The molecule has 367 valence electrons. The van der Waals surface area contributed by atoms with Crippen molar-refractivity contribution in [1.29, 1.82) is 0 Å². The van der Waals surface area contributed by atoms with E-state index < -0.39 is 37.6 Å². The van der Waals surface area contributed by atoms with Crippen molar-refractivity contribution in [2.75, 3.05) is 0 Å². The van der Waals surface area contributed by atoms with Crippen LogP contribution in [0.2, 0.25) is 52.4 Å². The fourth-order valence-corrected chi connectivity index (χ4v) is 48.1. The van der Waals surface area contributed by atoms with E-state index in [0.29, 0.717) is 10.8 Å². The first-order valence-electron chi connectivity index (χ1n) is 27.8. The molecule has 0 spiro atoms. The molecule has 0 saturated heterocycles. The molecule has 0 aromatic heterocycles. The quantitative estimate of drug-likeness (QED) is 0.104. The first kappa shape index (κ1) is 52.8. The zero-order chi connectivity index (χ0) is 48.6. The molecule has 4 aromatic rings. The average molecular weight is 1080 g/mol. The molecule has 4 aromatic carbocycles. The maximum atomic E-state index is 9.49. The van der Waals surface area contributed by atoms with Crippen LogP contribution in [0.5, 0.6) is 0 Å². The third kappa shape index (κ3) is 10.6. The van der Waals surface area contributed by atoms with Gasteiger partial charge in [-0.25, -0.2) is 0 Å². The van der Waals surface area contributed by atoms with Crippen molar-refractivity contribution in [3.8, 4) is 22.3 Å². The molecule has 0 radical (unpaired) electrons. The molecule has 2 saturated carbocycles. The minimum absolute atomic E-state index is 0.0975. The Morgan fingerprint density at radius 1 is 0.500 bits per heavy atom. The normalized spacial score (nSPS) is 21.6. The summed E-state index contributed by atoms with van der Waals surface area (Å²) in [5, 5.41) is 3.04. The van der Waals surface area contributed by atoms with Crippen LogP contribution in [0, 0.1) is 10.8 Å². The summed E-state index contributed by atoms with van der Waals surface area (Å²) >= 11 is -5.22. The number of benzene rings is 4. The van der Waals surface area contributed by atoms with Gasteiger partial charge in [0, 0.05) is 0 Å². The van der Waals surface area contributed by atoms with Crippen LogP contribution < -0.4 is 10.4 Å². The summed E-state index contributed by atoms with van der Waals surface area (Å²) in [6, 6.07) is 34.0. The van der Waals surface area contributed by atoms with Crippen LogP contribution in [0.15, 0.2) is 96.1 Å². The first-order chi connectivity index (χ1) is 32.3. The Labute approximate surface area is 426 Å². The average Bonchev–Trinajstić information content (AvgIpc) is 3.85. The molecule has 2 atom stereocenters. The van der Waals surface area contributed by atoms with E-state index in [1.54, 1.807) is 11.1 Å². The molecule has 0 nitrogen and oxygen atoms in total. The van der Waals surface area contributed by atoms with Gasteiger partial charge in [-0.3, -0.25) is 0 Å². The standard InChI is InChI=1S/2C30H41Si.C2H7Si.2ClH.Zr/c2*1-5-18-30(19-9-7-6-8-10-20-30)23-24-21-26-12-11-13-28(29(26)22-24)25-14-16-27(17-15-25)31(2,3)4;1-3-2;;;/h2*11-17,21-22H,5-10,18-20,23H2,1-4H3;3H,1-2H3;2*1H;/q;;;;;+2/p-2. The van der Waals surface area contributed by atoms with Crippen LogP contribution in [-0.2, 0) is 15.6 Å². The van der Waals surface area contributed by atoms with E-state index in [9.17, 15) is 17.0 Å².